The zero-order chi connectivity index (χ0) is 33.5. The third-order valence-electron chi connectivity index (χ3n) is 11.2. The smallest absolute Gasteiger partial charge is 0.319 e. The van der Waals surface area contributed by atoms with E-state index in [0.717, 1.165) is 32.2 Å². The summed E-state index contributed by atoms with van der Waals surface area (Å²) in [6.45, 7) is 3.93. The van der Waals surface area contributed by atoms with Gasteiger partial charge in [0.25, 0.3) is 0 Å². The number of piperidine rings is 1. The van der Waals surface area contributed by atoms with Crippen molar-refractivity contribution in [2.24, 2.45) is 11.8 Å². The van der Waals surface area contributed by atoms with Crippen LogP contribution in [0.2, 0.25) is 0 Å². The van der Waals surface area contributed by atoms with Gasteiger partial charge in [0, 0.05) is 44.1 Å². The number of aromatic hydroxyl groups is 1. The minimum absolute atomic E-state index is 0.0564. The van der Waals surface area contributed by atoms with Crippen molar-refractivity contribution in [3.05, 3.63) is 47.7 Å². The van der Waals surface area contributed by atoms with Crippen LogP contribution < -0.4 is 9.64 Å². The van der Waals surface area contributed by atoms with Crippen LogP contribution in [0, 0.1) is 23.5 Å². The van der Waals surface area contributed by atoms with Crippen LogP contribution in [-0.2, 0) is 16.3 Å². The highest BCUT2D eigenvalue weighted by atomic mass is 32.2. The molecule has 0 spiro atoms. The van der Waals surface area contributed by atoms with Crippen molar-refractivity contribution in [2.75, 3.05) is 43.9 Å². The summed E-state index contributed by atoms with van der Waals surface area (Å²) in [4.78, 5) is 18.0. The van der Waals surface area contributed by atoms with Gasteiger partial charge in [-0.15, -0.1) is 0 Å². The lowest BCUT2D eigenvalue weighted by Crippen LogP contribution is -2.48. The molecule has 2 aromatic carbocycles. The van der Waals surface area contributed by atoms with Gasteiger partial charge in [-0.3, -0.25) is 9.88 Å². The molecular formula is C35H38F3N5O4S. The lowest BCUT2D eigenvalue weighted by atomic mass is 9.94. The van der Waals surface area contributed by atoms with Crippen LogP contribution in [-0.4, -0.2) is 89.4 Å². The lowest BCUT2D eigenvalue weighted by Gasteiger charge is -2.38. The predicted molar refractivity (Wildman–Crippen MR) is 177 cm³/mol. The molecule has 0 amide bonds. The molecule has 13 heteroatoms. The fourth-order valence-corrected chi connectivity index (χ4v) is 11.1. The van der Waals surface area contributed by atoms with E-state index in [4.69, 9.17) is 9.72 Å². The van der Waals surface area contributed by atoms with Crippen molar-refractivity contribution in [3.8, 4) is 23.0 Å². The minimum atomic E-state index is -3.26. The van der Waals surface area contributed by atoms with Crippen LogP contribution in [0.15, 0.2) is 30.5 Å². The third kappa shape index (κ3) is 5.07. The van der Waals surface area contributed by atoms with Gasteiger partial charge in [-0.05, 0) is 85.0 Å². The van der Waals surface area contributed by atoms with Gasteiger partial charge >= 0.3 is 6.01 Å². The van der Waals surface area contributed by atoms with Crippen molar-refractivity contribution in [1.82, 2.24) is 19.9 Å². The number of phenols is 1. The summed E-state index contributed by atoms with van der Waals surface area (Å²) in [7, 11) is -3.26. The van der Waals surface area contributed by atoms with Gasteiger partial charge in [-0.25, -0.2) is 21.6 Å². The van der Waals surface area contributed by atoms with Gasteiger partial charge in [0.05, 0.1) is 16.2 Å². The van der Waals surface area contributed by atoms with E-state index in [1.165, 1.54) is 30.7 Å². The van der Waals surface area contributed by atoms with Crippen LogP contribution in [0.3, 0.4) is 0 Å². The summed E-state index contributed by atoms with van der Waals surface area (Å²) in [5.74, 6) is -1.14. The third-order valence-corrected chi connectivity index (χ3v) is 12.9. The van der Waals surface area contributed by atoms with Crippen LogP contribution in [0.1, 0.15) is 44.6 Å². The number of anilines is 1. The van der Waals surface area contributed by atoms with Crippen molar-refractivity contribution in [3.63, 3.8) is 0 Å². The van der Waals surface area contributed by atoms with E-state index in [2.05, 4.69) is 14.9 Å². The molecule has 8 rings (SSSR count). The molecule has 2 unspecified atom stereocenters. The number of benzene rings is 2. The van der Waals surface area contributed by atoms with Gasteiger partial charge in [0.15, 0.2) is 15.7 Å². The molecule has 9 nitrogen and oxygen atoms in total. The molecule has 4 aromatic rings. The number of sulfone groups is 1. The maximum atomic E-state index is 16.9. The summed E-state index contributed by atoms with van der Waals surface area (Å²) < 4.78 is 78.1. The molecule has 4 aliphatic rings. The van der Waals surface area contributed by atoms with Gasteiger partial charge in [0.2, 0.25) is 0 Å². The Labute approximate surface area is 277 Å². The first-order valence-corrected chi connectivity index (χ1v) is 18.7. The minimum Gasteiger partial charge on any atom is -0.508 e. The van der Waals surface area contributed by atoms with Gasteiger partial charge < -0.3 is 14.7 Å². The predicted octanol–water partition coefficient (Wildman–Crippen LogP) is 5.61. The highest BCUT2D eigenvalue weighted by molar-refractivity contribution is 7.91. The average molecular weight is 682 g/mol. The summed E-state index contributed by atoms with van der Waals surface area (Å²) in [5.41, 5.74) is -0.0290. The van der Waals surface area contributed by atoms with E-state index in [1.54, 1.807) is 6.07 Å². The summed E-state index contributed by atoms with van der Waals surface area (Å²) in [6.07, 6.45) is 5.76. The Bertz CT molecular complexity index is 2050. The topological polar surface area (TPSA) is 109 Å². The standard InChI is InChI=1S/C35H38F3N5O4S/c1-3-24-27(37)8-7-19-11-23(44)12-25(28(19)24)30-29(38)31-26(14-39-30)33(42-15-20-5-6-21(16-42)32(20)48(2,45)46)41-34(40-31)47-18-35-9-4-10-43(35)17-22(36)13-35/h7-8,11-12,14,20-22,32,44H,3-6,9-10,13,15-18H2,1-2H3/t20?,21?,22-,32?,35+/m1/s1. The summed E-state index contributed by atoms with van der Waals surface area (Å²) in [6, 6.07) is 5.71. The maximum absolute atomic E-state index is 16.9. The lowest BCUT2D eigenvalue weighted by molar-refractivity contribution is 0.107. The zero-order valence-electron chi connectivity index (χ0n) is 26.9. The van der Waals surface area contributed by atoms with E-state index in [-0.39, 0.29) is 47.0 Å². The Morgan fingerprint density at radius 1 is 1.10 bits per heavy atom. The second-order valence-corrected chi connectivity index (χ2v) is 16.3. The monoisotopic (exact) mass is 681 g/mol. The largest absolute Gasteiger partial charge is 0.508 e. The highest BCUT2D eigenvalue weighted by Gasteiger charge is 2.50. The first kappa shape index (κ1) is 31.6. The van der Waals surface area contributed by atoms with Crippen molar-refractivity contribution < 1.29 is 31.4 Å². The molecule has 1 saturated carbocycles. The fourth-order valence-electron chi connectivity index (χ4n) is 9.24. The van der Waals surface area contributed by atoms with Crippen LogP contribution in [0.25, 0.3) is 32.9 Å². The number of phenolic OH excluding ortho intramolecular Hbond substituents is 1. The molecule has 2 aromatic heterocycles. The average Bonchev–Trinajstić information content (AvgIpc) is 3.67. The number of aromatic nitrogens is 3. The van der Waals surface area contributed by atoms with E-state index < -0.39 is 38.4 Å². The number of rotatable bonds is 7. The maximum Gasteiger partial charge on any atom is 0.319 e. The van der Waals surface area contributed by atoms with Crippen molar-refractivity contribution >= 4 is 37.3 Å². The molecule has 5 heterocycles. The first-order valence-electron chi connectivity index (χ1n) is 16.7. The van der Waals surface area contributed by atoms with Crippen LogP contribution in [0.4, 0.5) is 19.0 Å². The highest BCUT2D eigenvalue weighted by Crippen LogP contribution is 2.45. The second kappa shape index (κ2) is 11.4. The number of halogens is 3. The quantitative estimate of drug-likeness (QED) is 0.267. The number of aryl methyl sites for hydroxylation is 1. The van der Waals surface area contributed by atoms with E-state index in [9.17, 15) is 22.3 Å². The molecular weight excluding hydrogens is 643 g/mol. The van der Waals surface area contributed by atoms with E-state index >= 15 is 4.39 Å². The van der Waals surface area contributed by atoms with Crippen molar-refractivity contribution in [1.29, 1.82) is 0 Å². The molecule has 3 saturated heterocycles. The number of nitrogens with zero attached hydrogens (tertiary/aromatic N) is 5. The summed E-state index contributed by atoms with van der Waals surface area (Å²) in [5, 5.41) is 11.5. The number of ether oxygens (including phenoxy) is 1. The summed E-state index contributed by atoms with van der Waals surface area (Å²) >= 11 is 0. The second-order valence-electron chi connectivity index (χ2n) is 14.1. The number of hydrogen-bond donors (Lipinski definition) is 1. The first-order chi connectivity index (χ1) is 23.0. The van der Waals surface area contributed by atoms with Gasteiger partial charge in [0.1, 0.15) is 41.4 Å². The molecule has 4 fully saturated rings. The number of hydrogen-bond acceptors (Lipinski definition) is 9. The molecule has 3 aliphatic heterocycles. The Hall–Kier alpha value is -3.71. The van der Waals surface area contributed by atoms with E-state index in [1.807, 2.05) is 11.8 Å². The van der Waals surface area contributed by atoms with Crippen molar-refractivity contribution in [2.45, 2.75) is 62.4 Å². The van der Waals surface area contributed by atoms with Gasteiger partial charge in [-0.2, -0.15) is 9.97 Å². The van der Waals surface area contributed by atoms with Gasteiger partial charge in [-0.1, -0.05) is 13.0 Å². The van der Waals surface area contributed by atoms with Crippen LogP contribution >= 0.6 is 0 Å². The fraction of sp³-hybridized carbons (Fsp3) is 0.514. The van der Waals surface area contributed by atoms with E-state index in [0.29, 0.717) is 60.0 Å². The Morgan fingerprint density at radius 3 is 2.60 bits per heavy atom. The Balaban J connectivity index is 1.27. The molecule has 48 heavy (non-hydrogen) atoms. The Kier molecular flexibility index (Phi) is 7.52. The van der Waals surface area contributed by atoms with Crippen LogP contribution in [0.5, 0.6) is 11.8 Å². The number of alkyl halides is 1. The Morgan fingerprint density at radius 2 is 1.88 bits per heavy atom. The molecule has 254 valence electrons. The number of pyridine rings is 1. The SMILES string of the molecule is CCc1c(F)ccc2cc(O)cc(-c3ncc4c(N5CC6CCC(C5)C6S(C)(=O)=O)nc(OC[C@@]56CCCN5C[C@H](F)C6)nc4c3F)c12. The zero-order valence-corrected chi connectivity index (χ0v) is 27.7. The molecule has 0 radical (unpaired) electrons. The molecule has 1 N–H and O–H groups in total. The molecule has 1 aliphatic carbocycles. The number of fused-ring (bicyclic) bond motifs is 5. The molecule has 4 atom stereocenters. The molecule has 2 bridgehead atoms. The normalized spacial score (nSPS) is 27.3.